The fourth-order valence-electron chi connectivity index (χ4n) is 4.92. The second kappa shape index (κ2) is 7.67. The van der Waals surface area contributed by atoms with Gasteiger partial charge < -0.3 is 9.84 Å². The lowest BCUT2D eigenvalue weighted by Gasteiger charge is -2.42. The number of carbonyl (C=O) groups excluding carboxylic acids is 2. The zero-order valence-corrected chi connectivity index (χ0v) is 16.9. The van der Waals surface area contributed by atoms with Gasteiger partial charge in [0.2, 0.25) is 0 Å². The van der Waals surface area contributed by atoms with Crippen molar-refractivity contribution in [3.8, 4) is 0 Å². The van der Waals surface area contributed by atoms with Crippen LogP contribution in [0.1, 0.15) is 73.1 Å². The molecule has 0 radical (unpaired) electrons. The molecular formula is C22H34O4. The van der Waals surface area contributed by atoms with Gasteiger partial charge in [-0.25, -0.2) is 0 Å². The number of hydrogen-bond acceptors (Lipinski definition) is 4. The van der Waals surface area contributed by atoms with Crippen molar-refractivity contribution >= 4 is 11.8 Å². The Morgan fingerprint density at radius 3 is 2.62 bits per heavy atom. The highest BCUT2D eigenvalue weighted by molar-refractivity contribution is 5.93. The summed E-state index contributed by atoms with van der Waals surface area (Å²) in [5.41, 5.74) is 1.02. The molecule has 0 amide bonds. The summed E-state index contributed by atoms with van der Waals surface area (Å²) < 4.78 is 5.34. The molecule has 2 aliphatic carbocycles. The second-order valence-electron chi connectivity index (χ2n) is 8.94. The lowest BCUT2D eigenvalue weighted by Crippen LogP contribution is -2.42. The van der Waals surface area contributed by atoms with Gasteiger partial charge in [0.15, 0.2) is 5.78 Å². The molecule has 0 aromatic rings. The number of Topliss-reactive ketones (excluding diaryl/α,β-unsaturated/α-hetero) is 1. The van der Waals surface area contributed by atoms with Crippen LogP contribution in [0.3, 0.4) is 0 Å². The highest BCUT2D eigenvalue weighted by Crippen LogP contribution is 2.57. The first kappa shape index (κ1) is 20.9. The van der Waals surface area contributed by atoms with E-state index in [1.165, 1.54) is 6.92 Å². The third kappa shape index (κ3) is 4.46. The van der Waals surface area contributed by atoms with E-state index in [-0.39, 0.29) is 29.2 Å². The van der Waals surface area contributed by atoms with Gasteiger partial charge in [0.25, 0.3) is 0 Å². The van der Waals surface area contributed by atoms with Crippen LogP contribution >= 0.6 is 0 Å². The summed E-state index contributed by atoms with van der Waals surface area (Å²) in [7, 11) is 0. The maximum absolute atomic E-state index is 11.9. The molecule has 4 heteroatoms. The predicted octanol–water partition coefficient (Wildman–Crippen LogP) is 4.37. The van der Waals surface area contributed by atoms with Crippen molar-refractivity contribution in [2.24, 2.45) is 17.3 Å². The quantitative estimate of drug-likeness (QED) is 0.540. The van der Waals surface area contributed by atoms with Gasteiger partial charge in [-0.05, 0) is 87.7 Å². The Hall–Kier alpha value is -1.42. The molecule has 0 bridgehead atoms. The summed E-state index contributed by atoms with van der Waals surface area (Å²) in [6.45, 7) is 13.0. The highest BCUT2D eigenvalue weighted by Gasteiger charge is 2.52. The van der Waals surface area contributed by atoms with Crippen LogP contribution in [0, 0.1) is 17.3 Å². The molecule has 1 N–H and O–H groups in total. The Bertz CT molecular complexity index is 616. The number of hydrogen-bond donors (Lipinski definition) is 1. The van der Waals surface area contributed by atoms with E-state index < -0.39 is 5.60 Å². The van der Waals surface area contributed by atoms with Gasteiger partial charge in [-0.3, -0.25) is 9.59 Å². The summed E-state index contributed by atoms with van der Waals surface area (Å²) in [4.78, 5) is 23.2. The first-order chi connectivity index (χ1) is 12.0. The molecule has 1 saturated carbocycles. The predicted molar refractivity (Wildman–Crippen MR) is 103 cm³/mol. The molecule has 0 aromatic heterocycles. The Balaban J connectivity index is 2.10. The van der Waals surface area contributed by atoms with Crippen molar-refractivity contribution in [2.45, 2.75) is 84.8 Å². The molecule has 4 nitrogen and oxygen atoms in total. The van der Waals surface area contributed by atoms with Crippen LogP contribution in [0.25, 0.3) is 0 Å². The maximum Gasteiger partial charge on any atom is 0.303 e. The van der Waals surface area contributed by atoms with Crippen molar-refractivity contribution < 1.29 is 19.4 Å². The average molecular weight is 363 g/mol. The Kier molecular flexibility index (Phi) is 6.17. The molecule has 2 aliphatic rings. The van der Waals surface area contributed by atoms with Crippen LogP contribution < -0.4 is 0 Å². The molecule has 0 spiro atoms. The lowest BCUT2D eigenvalue weighted by molar-refractivity contribution is -0.145. The van der Waals surface area contributed by atoms with Crippen molar-refractivity contribution in [3.63, 3.8) is 0 Å². The van der Waals surface area contributed by atoms with Gasteiger partial charge in [-0.2, -0.15) is 0 Å². The first-order valence-corrected chi connectivity index (χ1v) is 9.71. The number of esters is 1. The summed E-state index contributed by atoms with van der Waals surface area (Å²) in [5, 5.41) is 11.3. The average Bonchev–Trinajstić information content (AvgIpc) is 2.87. The maximum atomic E-state index is 11.9. The van der Waals surface area contributed by atoms with E-state index in [0.29, 0.717) is 18.8 Å². The van der Waals surface area contributed by atoms with Crippen LogP contribution in [0.15, 0.2) is 23.8 Å². The number of carbonyl (C=O) groups is 2. The Morgan fingerprint density at radius 1 is 1.42 bits per heavy atom. The Labute approximate surface area is 157 Å². The topological polar surface area (TPSA) is 63.6 Å². The van der Waals surface area contributed by atoms with E-state index in [0.717, 1.165) is 36.8 Å². The van der Waals surface area contributed by atoms with Gasteiger partial charge >= 0.3 is 5.97 Å². The molecule has 1 fully saturated rings. The van der Waals surface area contributed by atoms with Crippen LogP contribution in [0.5, 0.6) is 0 Å². The Morgan fingerprint density at radius 2 is 2.08 bits per heavy atom. The third-order valence-corrected chi connectivity index (χ3v) is 6.68. The minimum Gasteiger partial charge on any atom is -0.458 e. The van der Waals surface area contributed by atoms with E-state index in [9.17, 15) is 14.7 Å². The fourth-order valence-corrected chi connectivity index (χ4v) is 4.92. The number of aliphatic hydroxyl groups is 1. The van der Waals surface area contributed by atoms with E-state index in [4.69, 9.17) is 4.74 Å². The second-order valence-corrected chi connectivity index (χ2v) is 8.94. The van der Waals surface area contributed by atoms with Gasteiger partial charge in [-0.15, -0.1) is 0 Å². The highest BCUT2D eigenvalue weighted by atomic mass is 16.5. The van der Waals surface area contributed by atoms with Crippen LogP contribution in [-0.4, -0.2) is 28.6 Å². The van der Waals surface area contributed by atoms with Crippen LogP contribution in [-0.2, 0) is 14.3 Å². The van der Waals surface area contributed by atoms with E-state index in [1.807, 2.05) is 13.8 Å². The van der Waals surface area contributed by atoms with Gasteiger partial charge in [0, 0.05) is 6.92 Å². The van der Waals surface area contributed by atoms with E-state index in [2.05, 4.69) is 19.6 Å². The number of fused-ring (bicyclic) bond motifs is 1. The minimum atomic E-state index is -0.852. The van der Waals surface area contributed by atoms with Gasteiger partial charge in [-0.1, -0.05) is 19.6 Å². The van der Waals surface area contributed by atoms with Gasteiger partial charge in [0.05, 0.1) is 5.60 Å². The minimum absolute atomic E-state index is 0.148. The number of ether oxygens (including phenoxy) is 1. The molecule has 0 aromatic carbocycles. The number of ketones is 1. The summed E-state index contributed by atoms with van der Waals surface area (Å²) >= 11 is 0. The van der Waals surface area contributed by atoms with Crippen LogP contribution in [0.2, 0.25) is 0 Å². The molecule has 5 atom stereocenters. The summed E-state index contributed by atoms with van der Waals surface area (Å²) in [6, 6.07) is 0. The molecule has 5 unspecified atom stereocenters. The molecule has 2 rings (SSSR count). The standard InChI is InChI=1S/C22H34O4/c1-14(2)20(26-16(4)24)9-12-22(6,25)18-8-11-21(5)10-7-17(15(3)23)13-19(18)21/h7,18-20,25H,1,8-13H2,2-6H3. The van der Waals surface area contributed by atoms with Crippen LogP contribution in [0.4, 0.5) is 0 Å². The molecule has 146 valence electrons. The number of allylic oxidation sites excluding steroid dienone is 2. The smallest absolute Gasteiger partial charge is 0.303 e. The molecular weight excluding hydrogens is 328 g/mol. The monoisotopic (exact) mass is 362 g/mol. The summed E-state index contributed by atoms with van der Waals surface area (Å²) in [6.07, 6.45) is 6.60. The molecule has 0 aliphatic heterocycles. The van der Waals surface area contributed by atoms with Crippen molar-refractivity contribution in [1.82, 2.24) is 0 Å². The third-order valence-electron chi connectivity index (χ3n) is 6.68. The number of rotatable bonds is 7. The van der Waals surface area contributed by atoms with Crippen molar-refractivity contribution in [2.75, 3.05) is 0 Å². The first-order valence-electron chi connectivity index (χ1n) is 9.71. The molecule has 0 saturated heterocycles. The fraction of sp³-hybridized carbons (Fsp3) is 0.727. The largest absolute Gasteiger partial charge is 0.458 e. The van der Waals surface area contributed by atoms with E-state index >= 15 is 0 Å². The lowest BCUT2D eigenvalue weighted by atomic mass is 9.64. The van der Waals surface area contributed by atoms with Crippen molar-refractivity contribution in [3.05, 3.63) is 23.8 Å². The zero-order chi connectivity index (χ0) is 19.7. The molecule has 0 heterocycles. The van der Waals surface area contributed by atoms with Crippen molar-refractivity contribution in [1.29, 1.82) is 0 Å². The zero-order valence-electron chi connectivity index (χ0n) is 16.9. The van der Waals surface area contributed by atoms with E-state index in [1.54, 1.807) is 6.92 Å². The normalized spacial score (nSPS) is 31.4. The summed E-state index contributed by atoms with van der Waals surface area (Å²) in [5.74, 6) is 0.293. The SMILES string of the molecule is C=C(C)C(CCC(C)(O)C1CCC2(C)CC=C(C(C)=O)CC12)OC(C)=O. The van der Waals surface area contributed by atoms with Gasteiger partial charge in [0.1, 0.15) is 6.10 Å². The molecule has 26 heavy (non-hydrogen) atoms.